The molecule has 2 unspecified atom stereocenters. The van der Waals surface area contributed by atoms with Gasteiger partial charge in [0.05, 0.1) is 12.4 Å². The lowest BCUT2D eigenvalue weighted by atomic mass is 10.1. The molecular weight excluding hydrogens is 284 g/mol. The van der Waals surface area contributed by atoms with Crippen molar-refractivity contribution in [1.29, 1.82) is 0 Å². The first-order valence-corrected chi connectivity index (χ1v) is 7.79. The van der Waals surface area contributed by atoms with E-state index in [0.717, 1.165) is 6.42 Å². The maximum atomic E-state index is 12.3. The van der Waals surface area contributed by atoms with Crippen LogP contribution in [0.4, 0.5) is 0 Å². The molecule has 2 heterocycles. The smallest absolute Gasteiger partial charge is 0.290 e. The van der Waals surface area contributed by atoms with E-state index in [1.54, 1.807) is 17.0 Å². The van der Waals surface area contributed by atoms with Gasteiger partial charge < -0.3 is 19.7 Å². The molecule has 0 aromatic carbocycles. The minimum atomic E-state index is -0.556. The van der Waals surface area contributed by atoms with Gasteiger partial charge in [0.1, 0.15) is 6.04 Å². The van der Waals surface area contributed by atoms with E-state index in [-0.39, 0.29) is 24.1 Å². The average Bonchev–Trinajstić information content (AvgIpc) is 3.13. The van der Waals surface area contributed by atoms with Gasteiger partial charge in [0.2, 0.25) is 5.91 Å². The van der Waals surface area contributed by atoms with Gasteiger partial charge in [-0.1, -0.05) is 13.8 Å². The highest BCUT2D eigenvalue weighted by atomic mass is 16.3. The fraction of sp³-hybridized carbons (Fsp3) is 0.625. The molecule has 1 aromatic heterocycles. The van der Waals surface area contributed by atoms with Crippen LogP contribution in [0, 0.1) is 5.92 Å². The molecule has 22 heavy (non-hydrogen) atoms. The molecule has 6 nitrogen and oxygen atoms in total. The third kappa shape index (κ3) is 4.10. The number of hydrogen-bond donors (Lipinski definition) is 2. The molecule has 0 spiro atoms. The summed E-state index contributed by atoms with van der Waals surface area (Å²) in [5.41, 5.74) is 0. The summed E-state index contributed by atoms with van der Waals surface area (Å²) in [6.07, 6.45) is 2.96. The number of nitrogens with zero attached hydrogens (tertiary/aromatic N) is 1. The van der Waals surface area contributed by atoms with Gasteiger partial charge in [-0.3, -0.25) is 9.59 Å². The lowest BCUT2D eigenvalue weighted by molar-refractivity contribution is -0.125. The van der Waals surface area contributed by atoms with Crippen molar-refractivity contribution in [2.24, 2.45) is 5.92 Å². The molecule has 122 valence electrons. The Morgan fingerprint density at radius 1 is 1.50 bits per heavy atom. The van der Waals surface area contributed by atoms with E-state index < -0.39 is 12.1 Å². The van der Waals surface area contributed by atoms with Crippen LogP contribution >= 0.6 is 0 Å². The van der Waals surface area contributed by atoms with Crippen molar-refractivity contribution in [2.45, 2.75) is 45.3 Å². The first-order valence-electron chi connectivity index (χ1n) is 7.79. The van der Waals surface area contributed by atoms with Crippen molar-refractivity contribution in [2.75, 3.05) is 13.1 Å². The van der Waals surface area contributed by atoms with Gasteiger partial charge in [-0.05, 0) is 37.3 Å². The molecule has 2 rings (SSSR count). The van der Waals surface area contributed by atoms with Gasteiger partial charge in [0.25, 0.3) is 5.91 Å². The van der Waals surface area contributed by atoms with Gasteiger partial charge in [0.15, 0.2) is 5.76 Å². The Bertz CT molecular complexity index is 498. The predicted octanol–water partition coefficient (Wildman–Crippen LogP) is 1.41. The van der Waals surface area contributed by atoms with Gasteiger partial charge in [-0.25, -0.2) is 0 Å². The number of aliphatic hydroxyl groups is 1. The molecule has 0 saturated carbocycles. The molecular formula is C16H24N2O4. The van der Waals surface area contributed by atoms with Crippen molar-refractivity contribution in [3.8, 4) is 0 Å². The van der Waals surface area contributed by atoms with Gasteiger partial charge in [0, 0.05) is 13.1 Å². The second-order valence-electron chi connectivity index (χ2n) is 6.16. The van der Waals surface area contributed by atoms with E-state index >= 15 is 0 Å². The highest BCUT2D eigenvalue weighted by molar-refractivity contribution is 5.95. The van der Waals surface area contributed by atoms with Crippen LogP contribution in [-0.2, 0) is 4.79 Å². The minimum Gasteiger partial charge on any atom is -0.459 e. The van der Waals surface area contributed by atoms with E-state index in [0.29, 0.717) is 25.3 Å². The maximum Gasteiger partial charge on any atom is 0.290 e. The summed E-state index contributed by atoms with van der Waals surface area (Å²) in [6, 6.07) is 2.77. The maximum absolute atomic E-state index is 12.3. The number of furan rings is 1. The van der Waals surface area contributed by atoms with Crippen molar-refractivity contribution >= 4 is 11.8 Å². The zero-order chi connectivity index (χ0) is 16.1. The van der Waals surface area contributed by atoms with E-state index in [2.05, 4.69) is 5.32 Å². The Labute approximate surface area is 130 Å². The molecule has 1 fully saturated rings. The molecule has 1 saturated heterocycles. The Kier molecular flexibility index (Phi) is 5.60. The zero-order valence-corrected chi connectivity index (χ0v) is 13.1. The zero-order valence-electron chi connectivity index (χ0n) is 13.1. The summed E-state index contributed by atoms with van der Waals surface area (Å²) in [5, 5.41) is 12.6. The molecule has 0 radical (unpaired) electrons. The first-order chi connectivity index (χ1) is 10.5. The number of carbonyl (C=O) groups is 2. The number of aliphatic hydroxyl groups excluding tert-OH is 1. The molecule has 0 aliphatic carbocycles. The summed E-state index contributed by atoms with van der Waals surface area (Å²) in [6.45, 7) is 4.81. The molecule has 2 amide bonds. The molecule has 1 aromatic rings. The summed E-state index contributed by atoms with van der Waals surface area (Å²) in [7, 11) is 0. The van der Waals surface area contributed by atoms with Crippen molar-refractivity contribution < 1.29 is 19.1 Å². The highest BCUT2D eigenvalue weighted by Crippen LogP contribution is 2.20. The van der Waals surface area contributed by atoms with Crippen LogP contribution in [0.25, 0.3) is 0 Å². The SMILES string of the molecule is CC(C)CC(O)CNC(=O)C1CCCN1C(=O)c1ccco1. The Morgan fingerprint density at radius 3 is 2.91 bits per heavy atom. The van der Waals surface area contributed by atoms with Crippen molar-refractivity contribution in [3.05, 3.63) is 24.2 Å². The predicted molar refractivity (Wildman–Crippen MR) is 81.2 cm³/mol. The number of carbonyl (C=O) groups excluding carboxylic acids is 2. The lowest BCUT2D eigenvalue weighted by Gasteiger charge is -2.23. The third-order valence-corrected chi connectivity index (χ3v) is 3.80. The van der Waals surface area contributed by atoms with Crippen molar-refractivity contribution in [3.63, 3.8) is 0 Å². The Balaban J connectivity index is 1.90. The van der Waals surface area contributed by atoms with Crippen LogP contribution in [0.3, 0.4) is 0 Å². The molecule has 1 aliphatic heterocycles. The summed E-state index contributed by atoms with van der Waals surface area (Å²) in [5.74, 6) is 0.153. The standard InChI is InChI=1S/C16H24N2O4/c1-11(2)9-12(19)10-17-15(20)13-5-3-7-18(13)16(21)14-6-4-8-22-14/h4,6,8,11-13,19H,3,5,7,9-10H2,1-2H3,(H,17,20). The largest absolute Gasteiger partial charge is 0.459 e. The third-order valence-electron chi connectivity index (χ3n) is 3.80. The first kappa shape index (κ1) is 16.5. The fourth-order valence-electron chi connectivity index (χ4n) is 2.79. The van der Waals surface area contributed by atoms with Crippen LogP contribution in [-0.4, -0.2) is 47.1 Å². The van der Waals surface area contributed by atoms with Crippen molar-refractivity contribution in [1.82, 2.24) is 10.2 Å². The minimum absolute atomic E-state index is 0.208. The monoisotopic (exact) mass is 308 g/mol. The highest BCUT2D eigenvalue weighted by Gasteiger charge is 2.35. The van der Waals surface area contributed by atoms with Crippen LogP contribution in [0.2, 0.25) is 0 Å². The quantitative estimate of drug-likeness (QED) is 0.832. The van der Waals surface area contributed by atoms with Crippen LogP contribution in [0.1, 0.15) is 43.7 Å². The number of nitrogens with one attached hydrogen (secondary N) is 1. The number of likely N-dealkylation sites (tertiary alicyclic amines) is 1. The molecule has 6 heteroatoms. The second kappa shape index (κ2) is 7.45. The van der Waals surface area contributed by atoms with E-state index in [1.807, 2.05) is 13.8 Å². The second-order valence-corrected chi connectivity index (χ2v) is 6.16. The Morgan fingerprint density at radius 2 is 2.27 bits per heavy atom. The normalized spacial score (nSPS) is 19.5. The topological polar surface area (TPSA) is 82.8 Å². The summed E-state index contributed by atoms with van der Waals surface area (Å²) < 4.78 is 5.11. The van der Waals surface area contributed by atoms with E-state index in [4.69, 9.17) is 4.42 Å². The number of amides is 2. The molecule has 2 N–H and O–H groups in total. The average molecular weight is 308 g/mol. The molecule has 0 bridgehead atoms. The van der Waals surface area contributed by atoms with E-state index in [9.17, 15) is 14.7 Å². The Hall–Kier alpha value is -1.82. The molecule has 1 aliphatic rings. The number of hydrogen-bond acceptors (Lipinski definition) is 4. The lowest BCUT2D eigenvalue weighted by Crippen LogP contribution is -2.47. The van der Waals surface area contributed by atoms with Gasteiger partial charge >= 0.3 is 0 Å². The summed E-state index contributed by atoms with van der Waals surface area (Å²) >= 11 is 0. The van der Waals surface area contributed by atoms with E-state index in [1.165, 1.54) is 6.26 Å². The molecule has 2 atom stereocenters. The summed E-state index contributed by atoms with van der Waals surface area (Å²) in [4.78, 5) is 26.1. The van der Waals surface area contributed by atoms with Crippen LogP contribution in [0.15, 0.2) is 22.8 Å². The fourth-order valence-corrected chi connectivity index (χ4v) is 2.79. The van der Waals surface area contributed by atoms with Gasteiger partial charge in [-0.2, -0.15) is 0 Å². The van der Waals surface area contributed by atoms with Crippen LogP contribution in [0.5, 0.6) is 0 Å². The number of rotatable bonds is 6. The van der Waals surface area contributed by atoms with Crippen LogP contribution < -0.4 is 5.32 Å². The van der Waals surface area contributed by atoms with Gasteiger partial charge in [-0.15, -0.1) is 0 Å².